The van der Waals surface area contributed by atoms with E-state index in [1.54, 1.807) is 0 Å². The van der Waals surface area contributed by atoms with Crippen LogP contribution in [-0.2, 0) is 0 Å². The molecule has 1 heterocycles. The van der Waals surface area contributed by atoms with E-state index in [1.165, 1.54) is 19.9 Å². The SMILES string of the molecule is Clc1nc2ccccc2cc1/C=C\c1ccc2ccccc2c1I. The molecule has 116 valence electrons. The number of nitrogens with zero attached hydrogens (tertiary/aromatic N) is 1. The standard InChI is InChI=1S/C21H13ClIN/c22-21-17(13-16-6-2-4-8-19(16)24-21)12-11-15-10-9-14-5-1-3-7-18(14)20(15)23/h1-13H/b12-11-. The van der Waals surface area contributed by atoms with Crippen LogP contribution in [0.2, 0.25) is 5.15 Å². The molecular formula is C21H13ClIN. The minimum atomic E-state index is 0.528. The Morgan fingerprint density at radius 1 is 0.792 bits per heavy atom. The van der Waals surface area contributed by atoms with Gasteiger partial charge < -0.3 is 0 Å². The van der Waals surface area contributed by atoms with Gasteiger partial charge in [0, 0.05) is 14.5 Å². The molecule has 0 saturated heterocycles. The molecule has 3 heteroatoms. The number of aromatic nitrogens is 1. The fourth-order valence-corrected chi connectivity index (χ4v) is 3.84. The summed E-state index contributed by atoms with van der Waals surface area (Å²) in [5.74, 6) is 0. The van der Waals surface area contributed by atoms with Crippen LogP contribution in [0.5, 0.6) is 0 Å². The largest absolute Gasteiger partial charge is 0.235 e. The van der Waals surface area contributed by atoms with Gasteiger partial charge >= 0.3 is 0 Å². The highest BCUT2D eigenvalue weighted by Crippen LogP contribution is 2.27. The van der Waals surface area contributed by atoms with Gasteiger partial charge in [-0.1, -0.05) is 78.4 Å². The van der Waals surface area contributed by atoms with Crippen LogP contribution in [0.25, 0.3) is 33.8 Å². The first kappa shape index (κ1) is 15.6. The van der Waals surface area contributed by atoms with Crippen molar-refractivity contribution >= 4 is 68.0 Å². The fraction of sp³-hybridized carbons (Fsp3) is 0. The zero-order valence-electron chi connectivity index (χ0n) is 12.7. The summed E-state index contributed by atoms with van der Waals surface area (Å²) in [7, 11) is 0. The topological polar surface area (TPSA) is 12.9 Å². The van der Waals surface area contributed by atoms with Gasteiger partial charge in [0.1, 0.15) is 5.15 Å². The van der Waals surface area contributed by atoms with E-state index < -0.39 is 0 Å². The van der Waals surface area contributed by atoms with E-state index in [4.69, 9.17) is 11.6 Å². The van der Waals surface area contributed by atoms with Crippen LogP contribution in [0, 0.1) is 3.57 Å². The molecule has 1 nitrogen and oxygen atoms in total. The zero-order chi connectivity index (χ0) is 16.5. The van der Waals surface area contributed by atoms with E-state index in [9.17, 15) is 0 Å². The maximum atomic E-state index is 6.34. The predicted octanol–water partition coefficient (Wildman–Crippen LogP) is 6.82. The van der Waals surface area contributed by atoms with Crippen molar-refractivity contribution in [3.8, 4) is 0 Å². The number of halogens is 2. The number of pyridine rings is 1. The first-order valence-corrected chi connectivity index (χ1v) is 9.09. The summed E-state index contributed by atoms with van der Waals surface area (Å²) < 4.78 is 1.24. The van der Waals surface area contributed by atoms with Gasteiger partial charge in [0.25, 0.3) is 0 Å². The molecule has 0 spiro atoms. The molecule has 1 aromatic heterocycles. The molecule has 4 aromatic rings. The first-order valence-electron chi connectivity index (χ1n) is 7.63. The van der Waals surface area contributed by atoms with Gasteiger partial charge in [-0.3, -0.25) is 0 Å². The molecule has 0 unspecified atom stereocenters. The Hall–Kier alpha value is -1.91. The van der Waals surface area contributed by atoms with Crippen LogP contribution in [0.1, 0.15) is 11.1 Å². The molecule has 3 aromatic carbocycles. The number of benzene rings is 3. The van der Waals surface area contributed by atoms with Crippen LogP contribution in [0.4, 0.5) is 0 Å². The van der Waals surface area contributed by atoms with Crippen LogP contribution < -0.4 is 0 Å². The lowest BCUT2D eigenvalue weighted by atomic mass is 10.1. The number of hydrogen-bond donors (Lipinski definition) is 0. The van der Waals surface area contributed by atoms with Crippen molar-refractivity contribution in [2.24, 2.45) is 0 Å². The van der Waals surface area contributed by atoms with Crippen molar-refractivity contribution in [1.29, 1.82) is 0 Å². The Morgan fingerprint density at radius 3 is 2.38 bits per heavy atom. The Kier molecular flexibility index (Phi) is 4.25. The van der Waals surface area contributed by atoms with Crippen molar-refractivity contribution in [2.75, 3.05) is 0 Å². The van der Waals surface area contributed by atoms with Gasteiger partial charge in [-0.25, -0.2) is 4.98 Å². The summed E-state index contributed by atoms with van der Waals surface area (Å²) in [6, 6.07) is 22.8. The normalized spacial score (nSPS) is 11.6. The minimum Gasteiger partial charge on any atom is -0.235 e. The summed E-state index contributed by atoms with van der Waals surface area (Å²) in [4.78, 5) is 4.47. The van der Waals surface area contributed by atoms with Crippen molar-refractivity contribution in [3.05, 3.63) is 86.6 Å². The summed E-state index contributed by atoms with van der Waals surface area (Å²) in [5.41, 5.74) is 3.03. The second-order valence-corrected chi connectivity index (χ2v) is 7.02. The average Bonchev–Trinajstić information content (AvgIpc) is 2.61. The third-order valence-corrected chi connectivity index (χ3v) is 5.55. The summed E-state index contributed by atoms with van der Waals surface area (Å²) in [6.45, 7) is 0. The lowest BCUT2D eigenvalue weighted by Crippen LogP contribution is -1.86. The predicted molar refractivity (Wildman–Crippen MR) is 112 cm³/mol. The Bertz CT molecular complexity index is 1080. The first-order chi connectivity index (χ1) is 11.7. The molecule has 4 rings (SSSR count). The van der Waals surface area contributed by atoms with E-state index in [1.807, 2.05) is 24.3 Å². The molecule has 0 fully saturated rings. The van der Waals surface area contributed by atoms with Crippen LogP contribution >= 0.6 is 34.2 Å². The van der Waals surface area contributed by atoms with Crippen molar-refractivity contribution < 1.29 is 0 Å². The van der Waals surface area contributed by atoms with Crippen molar-refractivity contribution in [1.82, 2.24) is 4.98 Å². The molecule has 0 atom stereocenters. The quantitative estimate of drug-likeness (QED) is 0.246. The molecule has 0 radical (unpaired) electrons. The fourth-order valence-electron chi connectivity index (χ4n) is 2.78. The molecule has 0 aliphatic heterocycles. The van der Waals surface area contributed by atoms with Crippen LogP contribution in [0.15, 0.2) is 66.7 Å². The minimum absolute atomic E-state index is 0.528. The van der Waals surface area contributed by atoms with Crippen LogP contribution in [-0.4, -0.2) is 4.98 Å². The number of para-hydroxylation sites is 1. The molecular weight excluding hydrogens is 429 g/mol. The monoisotopic (exact) mass is 441 g/mol. The van der Waals surface area contributed by atoms with E-state index in [2.05, 4.69) is 82.2 Å². The molecule has 0 N–H and O–H groups in total. The van der Waals surface area contributed by atoms with Gasteiger partial charge in [0.05, 0.1) is 5.52 Å². The lowest BCUT2D eigenvalue weighted by Gasteiger charge is -2.05. The summed E-state index contributed by atoms with van der Waals surface area (Å²) in [6.07, 6.45) is 4.14. The molecule has 0 bridgehead atoms. The zero-order valence-corrected chi connectivity index (χ0v) is 15.6. The second kappa shape index (κ2) is 6.54. The number of hydrogen-bond acceptors (Lipinski definition) is 1. The van der Waals surface area contributed by atoms with Crippen molar-refractivity contribution in [2.45, 2.75) is 0 Å². The van der Waals surface area contributed by atoms with Gasteiger partial charge in [-0.05, 0) is 51.1 Å². The van der Waals surface area contributed by atoms with E-state index in [-0.39, 0.29) is 0 Å². The highest BCUT2D eigenvalue weighted by Gasteiger charge is 2.04. The van der Waals surface area contributed by atoms with Crippen molar-refractivity contribution in [3.63, 3.8) is 0 Å². The highest BCUT2D eigenvalue weighted by atomic mass is 127. The smallest absolute Gasteiger partial charge is 0.136 e. The molecule has 0 aliphatic rings. The maximum Gasteiger partial charge on any atom is 0.136 e. The van der Waals surface area contributed by atoms with Gasteiger partial charge in [0.2, 0.25) is 0 Å². The third kappa shape index (κ3) is 2.92. The van der Waals surface area contributed by atoms with Crippen LogP contribution in [0.3, 0.4) is 0 Å². The Balaban J connectivity index is 1.78. The Labute approximate surface area is 159 Å². The lowest BCUT2D eigenvalue weighted by molar-refractivity contribution is 1.40. The summed E-state index contributed by atoms with van der Waals surface area (Å²) in [5, 5.41) is 4.14. The maximum absolute atomic E-state index is 6.34. The molecule has 24 heavy (non-hydrogen) atoms. The van der Waals surface area contributed by atoms with E-state index in [0.29, 0.717) is 5.15 Å². The molecule has 0 saturated carbocycles. The summed E-state index contributed by atoms with van der Waals surface area (Å²) >= 11 is 8.74. The molecule has 0 aliphatic carbocycles. The number of rotatable bonds is 2. The van der Waals surface area contributed by atoms with Gasteiger partial charge in [-0.2, -0.15) is 0 Å². The van der Waals surface area contributed by atoms with Gasteiger partial charge in [-0.15, -0.1) is 0 Å². The highest BCUT2D eigenvalue weighted by molar-refractivity contribution is 14.1. The van der Waals surface area contributed by atoms with E-state index >= 15 is 0 Å². The molecule has 0 amide bonds. The number of fused-ring (bicyclic) bond motifs is 2. The van der Waals surface area contributed by atoms with E-state index in [0.717, 1.165) is 16.5 Å². The van der Waals surface area contributed by atoms with Gasteiger partial charge in [0.15, 0.2) is 0 Å². The average molecular weight is 442 g/mol. The third-order valence-electron chi connectivity index (χ3n) is 4.04. The Morgan fingerprint density at radius 2 is 1.50 bits per heavy atom. The second-order valence-electron chi connectivity index (χ2n) is 5.58.